The van der Waals surface area contributed by atoms with E-state index in [9.17, 15) is 4.79 Å². The SMILES string of the molecule is CC1(C)OCc2ccc(C(=O)O)cc2O1. The molecule has 1 aromatic rings. The molecule has 0 aromatic heterocycles. The van der Waals surface area contributed by atoms with Gasteiger partial charge in [-0.1, -0.05) is 6.07 Å². The van der Waals surface area contributed by atoms with E-state index in [2.05, 4.69) is 0 Å². The normalized spacial score (nSPS) is 17.7. The summed E-state index contributed by atoms with van der Waals surface area (Å²) in [7, 11) is 0. The van der Waals surface area contributed by atoms with E-state index in [1.807, 2.05) is 0 Å². The summed E-state index contributed by atoms with van der Waals surface area (Å²) in [6.07, 6.45) is 0. The van der Waals surface area contributed by atoms with Crippen molar-refractivity contribution in [2.75, 3.05) is 0 Å². The number of ether oxygens (including phenoxy) is 2. The maximum Gasteiger partial charge on any atom is 0.335 e. The van der Waals surface area contributed by atoms with Crippen molar-refractivity contribution in [1.29, 1.82) is 0 Å². The molecular weight excluding hydrogens is 196 g/mol. The third-order valence-corrected chi connectivity index (χ3v) is 2.25. The van der Waals surface area contributed by atoms with Crippen LogP contribution in [-0.2, 0) is 11.3 Å². The average Bonchev–Trinajstić information content (AvgIpc) is 2.15. The Morgan fingerprint density at radius 2 is 2.20 bits per heavy atom. The number of carboxylic acids is 1. The first kappa shape index (κ1) is 9.98. The van der Waals surface area contributed by atoms with Crippen molar-refractivity contribution < 1.29 is 19.4 Å². The summed E-state index contributed by atoms with van der Waals surface area (Å²) in [6.45, 7) is 4.04. The summed E-state index contributed by atoms with van der Waals surface area (Å²) in [4.78, 5) is 10.8. The highest BCUT2D eigenvalue weighted by atomic mass is 16.7. The molecule has 1 aliphatic rings. The molecule has 2 rings (SSSR count). The van der Waals surface area contributed by atoms with Crippen molar-refractivity contribution in [2.45, 2.75) is 26.2 Å². The molecule has 1 aromatic carbocycles. The zero-order chi connectivity index (χ0) is 11.1. The molecule has 0 saturated heterocycles. The molecule has 0 fully saturated rings. The van der Waals surface area contributed by atoms with Gasteiger partial charge in [0.1, 0.15) is 5.75 Å². The van der Waals surface area contributed by atoms with E-state index in [1.54, 1.807) is 26.0 Å². The number of carbonyl (C=O) groups is 1. The third kappa shape index (κ3) is 1.94. The first-order valence-electron chi connectivity index (χ1n) is 4.67. The van der Waals surface area contributed by atoms with Crippen LogP contribution in [0.1, 0.15) is 29.8 Å². The van der Waals surface area contributed by atoms with Crippen molar-refractivity contribution in [3.05, 3.63) is 29.3 Å². The number of carboxylic acid groups (broad SMARTS) is 1. The van der Waals surface area contributed by atoms with E-state index in [4.69, 9.17) is 14.6 Å². The Kier molecular flexibility index (Phi) is 2.16. The van der Waals surface area contributed by atoms with Crippen LogP contribution in [0.2, 0.25) is 0 Å². The average molecular weight is 208 g/mol. The number of fused-ring (bicyclic) bond motifs is 1. The minimum atomic E-state index is -0.953. The van der Waals surface area contributed by atoms with Crippen molar-refractivity contribution >= 4 is 5.97 Å². The van der Waals surface area contributed by atoms with Gasteiger partial charge in [0, 0.05) is 19.4 Å². The maximum atomic E-state index is 10.8. The predicted molar refractivity (Wildman–Crippen MR) is 52.9 cm³/mol. The number of aromatic carboxylic acids is 1. The second-order valence-corrected chi connectivity index (χ2v) is 3.92. The van der Waals surface area contributed by atoms with E-state index in [0.29, 0.717) is 12.4 Å². The molecule has 0 amide bonds. The van der Waals surface area contributed by atoms with Crippen molar-refractivity contribution in [1.82, 2.24) is 0 Å². The molecule has 0 atom stereocenters. The largest absolute Gasteiger partial charge is 0.478 e. The zero-order valence-electron chi connectivity index (χ0n) is 8.61. The summed E-state index contributed by atoms with van der Waals surface area (Å²) in [5, 5.41) is 8.83. The maximum absolute atomic E-state index is 10.8. The van der Waals surface area contributed by atoms with Crippen molar-refractivity contribution in [3.63, 3.8) is 0 Å². The van der Waals surface area contributed by atoms with Gasteiger partial charge in [-0.15, -0.1) is 0 Å². The summed E-state index contributed by atoms with van der Waals surface area (Å²) >= 11 is 0. The molecule has 0 unspecified atom stereocenters. The molecule has 0 spiro atoms. The molecule has 0 aliphatic carbocycles. The number of hydrogen-bond acceptors (Lipinski definition) is 3. The van der Waals surface area contributed by atoms with E-state index >= 15 is 0 Å². The van der Waals surface area contributed by atoms with E-state index in [-0.39, 0.29) is 5.56 Å². The quantitative estimate of drug-likeness (QED) is 0.767. The monoisotopic (exact) mass is 208 g/mol. The topological polar surface area (TPSA) is 55.8 Å². The minimum absolute atomic E-state index is 0.228. The Bertz CT molecular complexity index is 409. The second kappa shape index (κ2) is 3.24. The molecule has 15 heavy (non-hydrogen) atoms. The van der Waals surface area contributed by atoms with Gasteiger partial charge in [-0.2, -0.15) is 0 Å². The lowest BCUT2D eigenvalue weighted by Crippen LogP contribution is -2.35. The van der Waals surface area contributed by atoms with Gasteiger partial charge in [0.05, 0.1) is 12.2 Å². The Balaban J connectivity index is 2.39. The highest BCUT2D eigenvalue weighted by Gasteiger charge is 2.27. The first-order valence-corrected chi connectivity index (χ1v) is 4.67. The second-order valence-electron chi connectivity index (χ2n) is 3.92. The fourth-order valence-electron chi connectivity index (χ4n) is 1.45. The molecule has 0 saturated carbocycles. The molecule has 1 heterocycles. The van der Waals surface area contributed by atoms with Crippen molar-refractivity contribution in [2.24, 2.45) is 0 Å². The Labute approximate surface area is 87.4 Å². The van der Waals surface area contributed by atoms with Gasteiger partial charge in [0.15, 0.2) is 0 Å². The van der Waals surface area contributed by atoms with E-state index in [0.717, 1.165) is 5.56 Å². The van der Waals surface area contributed by atoms with Gasteiger partial charge in [0.25, 0.3) is 0 Å². The minimum Gasteiger partial charge on any atom is -0.478 e. The molecule has 80 valence electrons. The molecule has 4 nitrogen and oxygen atoms in total. The number of hydrogen-bond donors (Lipinski definition) is 1. The van der Waals surface area contributed by atoms with Gasteiger partial charge in [-0.3, -0.25) is 0 Å². The summed E-state index contributed by atoms with van der Waals surface area (Å²) < 4.78 is 10.9. The summed E-state index contributed by atoms with van der Waals surface area (Å²) in [6, 6.07) is 4.79. The van der Waals surface area contributed by atoms with Crippen LogP contribution in [0.5, 0.6) is 5.75 Å². The molecule has 1 aliphatic heterocycles. The smallest absolute Gasteiger partial charge is 0.335 e. The van der Waals surface area contributed by atoms with Gasteiger partial charge in [-0.25, -0.2) is 4.79 Å². The zero-order valence-corrected chi connectivity index (χ0v) is 8.61. The standard InChI is InChI=1S/C11H12O4/c1-11(2)14-6-8-4-3-7(10(12)13)5-9(8)15-11/h3-5H,6H2,1-2H3,(H,12,13). The first-order chi connectivity index (χ1) is 6.98. The van der Waals surface area contributed by atoms with Crippen molar-refractivity contribution in [3.8, 4) is 5.75 Å². The molecule has 0 radical (unpaired) electrons. The van der Waals surface area contributed by atoms with Gasteiger partial charge >= 0.3 is 5.97 Å². The molecule has 1 N–H and O–H groups in total. The highest BCUT2D eigenvalue weighted by molar-refractivity contribution is 5.88. The van der Waals surface area contributed by atoms with Crippen LogP contribution in [0.25, 0.3) is 0 Å². The molecular formula is C11H12O4. The lowest BCUT2D eigenvalue weighted by molar-refractivity contribution is -0.180. The predicted octanol–water partition coefficient (Wildman–Crippen LogP) is 2.03. The Morgan fingerprint density at radius 1 is 1.47 bits per heavy atom. The van der Waals surface area contributed by atoms with Gasteiger partial charge in [-0.05, 0) is 12.1 Å². The Hall–Kier alpha value is -1.55. The van der Waals surface area contributed by atoms with Crippen LogP contribution in [0, 0.1) is 0 Å². The lowest BCUT2D eigenvalue weighted by Gasteiger charge is -2.32. The Morgan fingerprint density at radius 3 is 2.87 bits per heavy atom. The van der Waals surface area contributed by atoms with Crippen LogP contribution < -0.4 is 4.74 Å². The van der Waals surface area contributed by atoms with E-state index < -0.39 is 11.8 Å². The highest BCUT2D eigenvalue weighted by Crippen LogP contribution is 2.31. The summed E-state index contributed by atoms with van der Waals surface area (Å²) in [5.74, 6) is -1.05. The fraction of sp³-hybridized carbons (Fsp3) is 0.364. The number of benzene rings is 1. The van der Waals surface area contributed by atoms with Crippen LogP contribution in [0.4, 0.5) is 0 Å². The van der Waals surface area contributed by atoms with Gasteiger partial charge < -0.3 is 14.6 Å². The molecule has 0 bridgehead atoms. The van der Waals surface area contributed by atoms with Crippen LogP contribution in [0.15, 0.2) is 18.2 Å². The number of rotatable bonds is 1. The third-order valence-electron chi connectivity index (χ3n) is 2.25. The van der Waals surface area contributed by atoms with Gasteiger partial charge in [0.2, 0.25) is 5.79 Å². The van der Waals surface area contributed by atoms with Crippen LogP contribution in [0.3, 0.4) is 0 Å². The van der Waals surface area contributed by atoms with Crippen LogP contribution >= 0.6 is 0 Å². The van der Waals surface area contributed by atoms with E-state index in [1.165, 1.54) is 6.07 Å². The summed E-state index contributed by atoms with van der Waals surface area (Å²) in [5.41, 5.74) is 1.10. The fourth-order valence-corrected chi connectivity index (χ4v) is 1.45. The van der Waals surface area contributed by atoms with Crippen LogP contribution in [-0.4, -0.2) is 16.9 Å². The molecule has 4 heteroatoms. The lowest BCUT2D eigenvalue weighted by atomic mass is 10.1.